The van der Waals surface area contributed by atoms with Gasteiger partial charge in [-0.15, -0.1) is 4.36 Å². The summed E-state index contributed by atoms with van der Waals surface area (Å²) in [6, 6.07) is -0.720. The Morgan fingerprint density at radius 1 is 1.30 bits per heavy atom. The first-order chi connectivity index (χ1) is 14.3. The minimum atomic E-state index is -3.51. The van der Waals surface area contributed by atoms with Crippen LogP contribution in [0.4, 0.5) is 10.5 Å². The van der Waals surface area contributed by atoms with Gasteiger partial charge in [-0.25, -0.2) is 18.8 Å². The van der Waals surface area contributed by atoms with Crippen LogP contribution in [0.1, 0.15) is 59.8 Å². The van der Waals surface area contributed by atoms with Crippen LogP contribution in [-0.2, 0) is 29.3 Å². The Labute approximate surface area is 175 Å². The summed E-state index contributed by atoms with van der Waals surface area (Å²) >= 11 is 0. The number of nitrogens with two attached hydrogens (primary N) is 1. The second-order valence-electron chi connectivity index (χ2n) is 8.29. The molecule has 1 aliphatic heterocycles. The quantitative estimate of drug-likeness (QED) is 0.774. The van der Waals surface area contributed by atoms with Gasteiger partial charge in [-0.3, -0.25) is 4.98 Å². The molecule has 3 heterocycles. The molecule has 0 aromatic carbocycles. The number of amides is 2. The molecule has 30 heavy (non-hydrogen) atoms. The van der Waals surface area contributed by atoms with Gasteiger partial charge in [-0.1, -0.05) is 0 Å². The molecule has 5 rings (SSSR count). The number of hydrogen-bond acceptors (Lipinski definition) is 5. The molecular weight excluding hydrogens is 404 g/mol. The van der Waals surface area contributed by atoms with E-state index in [2.05, 4.69) is 14.8 Å². The third-order valence-corrected chi connectivity index (χ3v) is 7.49. The fourth-order valence-corrected chi connectivity index (χ4v) is 5.74. The number of carbonyl (C=O) groups is 1. The normalized spacial score (nSPS) is 19.4. The minimum Gasteiger partial charge on any atom is -0.477 e. The average molecular weight is 431 g/mol. The molecule has 0 spiro atoms. The van der Waals surface area contributed by atoms with Gasteiger partial charge in [0.1, 0.15) is 4.90 Å². The lowest BCUT2D eigenvalue weighted by Gasteiger charge is -2.17. The van der Waals surface area contributed by atoms with Crippen molar-refractivity contribution in [1.82, 2.24) is 14.8 Å². The number of hydrogen-bond donors (Lipinski definition) is 2. The molecule has 0 bridgehead atoms. The summed E-state index contributed by atoms with van der Waals surface area (Å²) in [6.45, 7) is 4.84. The zero-order valence-corrected chi connectivity index (χ0v) is 18.0. The largest absolute Gasteiger partial charge is 0.477 e. The van der Waals surface area contributed by atoms with E-state index in [1.54, 1.807) is 11.6 Å². The molecule has 1 fully saturated rings. The smallest absolute Gasteiger partial charge is 0.354 e. The number of fused-ring (bicyclic) bond motifs is 2. The Balaban J connectivity index is 1.50. The summed E-state index contributed by atoms with van der Waals surface area (Å²) < 4.78 is 24.4. The molecule has 160 valence electrons. The number of ether oxygens (including phenoxy) is 1. The van der Waals surface area contributed by atoms with E-state index in [1.165, 1.54) is 0 Å². The van der Waals surface area contributed by atoms with Crippen molar-refractivity contribution in [3.8, 4) is 5.88 Å². The Morgan fingerprint density at radius 2 is 2.10 bits per heavy atom. The molecule has 2 aliphatic carbocycles. The minimum absolute atomic E-state index is 0.202. The molecule has 10 heteroatoms. The van der Waals surface area contributed by atoms with E-state index in [1.807, 2.05) is 6.92 Å². The number of urea groups is 1. The van der Waals surface area contributed by atoms with Crippen LogP contribution >= 0.6 is 0 Å². The van der Waals surface area contributed by atoms with Crippen LogP contribution in [-0.4, -0.2) is 31.6 Å². The van der Waals surface area contributed by atoms with E-state index < -0.39 is 15.9 Å². The molecule has 1 saturated carbocycles. The molecule has 3 N–H and O–H groups in total. The first kappa shape index (κ1) is 19.5. The summed E-state index contributed by atoms with van der Waals surface area (Å²) in [5, 5.41) is 13.3. The first-order valence-corrected chi connectivity index (χ1v) is 12.0. The Morgan fingerprint density at radius 3 is 2.87 bits per heavy atom. The third kappa shape index (κ3) is 3.27. The second-order valence-corrected chi connectivity index (χ2v) is 10.0. The van der Waals surface area contributed by atoms with Crippen molar-refractivity contribution in [3.63, 3.8) is 0 Å². The zero-order chi connectivity index (χ0) is 21.0. The van der Waals surface area contributed by atoms with E-state index in [0.717, 1.165) is 66.7 Å². The highest BCUT2D eigenvalue weighted by molar-refractivity contribution is 7.91. The number of aryl methyl sites for hydroxylation is 3. The molecule has 0 radical (unpaired) electrons. The molecule has 2 aromatic rings. The van der Waals surface area contributed by atoms with Gasteiger partial charge in [0.2, 0.25) is 5.88 Å². The van der Waals surface area contributed by atoms with Crippen LogP contribution in [0.25, 0.3) is 0 Å². The van der Waals surface area contributed by atoms with Gasteiger partial charge >= 0.3 is 6.03 Å². The molecule has 1 atom stereocenters. The molecule has 3 aliphatic rings. The van der Waals surface area contributed by atoms with Crippen molar-refractivity contribution in [3.05, 3.63) is 28.2 Å². The lowest BCUT2D eigenvalue weighted by Crippen LogP contribution is -2.21. The highest BCUT2D eigenvalue weighted by Gasteiger charge is 2.32. The fraction of sp³-hybridized carbons (Fsp3) is 0.550. The topological polar surface area (TPSA) is 124 Å². The average Bonchev–Trinajstić information content (AvgIpc) is 3.30. The predicted molar refractivity (Wildman–Crippen MR) is 112 cm³/mol. The summed E-state index contributed by atoms with van der Waals surface area (Å²) in [6.07, 6.45) is 5.88. The van der Waals surface area contributed by atoms with Crippen LogP contribution in [0.3, 0.4) is 0 Å². The van der Waals surface area contributed by atoms with Crippen LogP contribution in [0.15, 0.2) is 9.26 Å². The van der Waals surface area contributed by atoms with Gasteiger partial charge in [-0.2, -0.15) is 5.10 Å². The van der Waals surface area contributed by atoms with Crippen LogP contribution < -0.4 is 15.2 Å². The molecular formula is C20H26N6O3S. The second kappa shape index (κ2) is 7.05. The number of nitrogens with zero attached hydrogens (tertiary/aromatic N) is 4. The van der Waals surface area contributed by atoms with E-state index in [9.17, 15) is 9.00 Å². The van der Waals surface area contributed by atoms with Gasteiger partial charge in [0.25, 0.3) is 0 Å². The molecule has 1 unspecified atom stereocenters. The van der Waals surface area contributed by atoms with Crippen molar-refractivity contribution in [2.45, 2.75) is 69.7 Å². The highest BCUT2D eigenvalue weighted by atomic mass is 32.2. The SMILES string of the molecule is Cc1nn2c(c1S(N)(=O)=NC(=O)Nc1c(C)c(C3CC3)nc3c1CCC3)OCCC2. The summed E-state index contributed by atoms with van der Waals surface area (Å²) in [7, 11) is -3.51. The monoisotopic (exact) mass is 430 g/mol. The summed E-state index contributed by atoms with van der Waals surface area (Å²) in [5.41, 5.74) is 5.39. The summed E-state index contributed by atoms with van der Waals surface area (Å²) in [4.78, 5) is 17.9. The maximum atomic E-state index is 13.3. The van der Waals surface area contributed by atoms with E-state index in [4.69, 9.17) is 14.9 Å². The third-order valence-electron chi connectivity index (χ3n) is 5.99. The first-order valence-electron chi connectivity index (χ1n) is 10.4. The number of anilines is 1. The van der Waals surface area contributed by atoms with Gasteiger partial charge in [0.15, 0.2) is 9.92 Å². The highest BCUT2D eigenvalue weighted by Crippen LogP contribution is 2.44. The van der Waals surface area contributed by atoms with Gasteiger partial charge in [0, 0.05) is 30.3 Å². The molecule has 2 aromatic heterocycles. The van der Waals surface area contributed by atoms with Crippen molar-refractivity contribution < 1.29 is 13.7 Å². The Hall–Kier alpha value is -2.46. The molecule has 2 amide bonds. The number of rotatable bonds is 3. The van der Waals surface area contributed by atoms with Crippen LogP contribution in [0.5, 0.6) is 5.88 Å². The fourth-order valence-electron chi connectivity index (χ4n) is 4.48. The van der Waals surface area contributed by atoms with Crippen molar-refractivity contribution in [2.24, 2.45) is 9.50 Å². The standard InChI is InChI=1S/C20H26N6O3S/c1-11-16(13-7-8-13)22-15-6-3-5-14(15)17(11)23-20(27)25-30(21,28)18-12(2)24-26-9-4-10-29-19(18)26/h13H,3-10H2,1-2H3,(H3,21,22,23,25,27,28). The number of aromatic nitrogens is 3. The van der Waals surface area contributed by atoms with Gasteiger partial charge < -0.3 is 10.1 Å². The van der Waals surface area contributed by atoms with Crippen molar-refractivity contribution in [2.75, 3.05) is 11.9 Å². The number of nitrogens with one attached hydrogen (secondary N) is 1. The number of pyridine rings is 1. The van der Waals surface area contributed by atoms with Gasteiger partial charge in [-0.05, 0) is 57.1 Å². The predicted octanol–water partition coefficient (Wildman–Crippen LogP) is 2.98. The summed E-state index contributed by atoms with van der Waals surface area (Å²) in [5.74, 6) is 0.820. The zero-order valence-electron chi connectivity index (χ0n) is 17.2. The lowest BCUT2D eigenvalue weighted by molar-refractivity contribution is 0.224. The van der Waals surface area contributed by atoms with Crippen LogP contribution in [0.2, 0.25) is 0 Å². The van der Waals surface area contributed by atoms with Crippen LogP contribution in [0, 0.1) is 13.8 Å². The lowest BCUT2D eigenvalue weighted by atomic mass is 10.0. The maximum Gasteiger partial charge on any atom is 0.354 e. The van der Waals surface area contributed by atoms with E-state index in [-0.39, 0.29) is 4.90 Å². The molecule has 0 saturated heterocycles. The van der Waals surface area contributed by atoms with Crippen molar-refractivity contribution in [1.29, 1.82) is 0 Å². The van der Waals surface area contributed by atoms with E-state index >= 15 is 0 Å². The Kier molecular flexibility index (Phi) is 4.59. The van der Waals surface area contributed by atoms with E-state index in [0.29, 0.717) is 30.6 Å². The molecule has 9 nitrogen and oxygen atoms in total. The Bertz CT molecular complexity index is 1170. The van der Waals surface area contributed by atoms with Gasteiger partial charge in [0.05, 0.1) is 18.0 Å². The van der Waals surface area contributed by atoms with Crippen molar-refractivity contribution >= 4 is 21.6 Å². The maximum absolute atomic E-state index is 13.3. The number of carbonyl (C=O) groups excluding carboxylic acids is 1.